The fraction of sp³-hybridized carbons (Fsp3) is 0.538. The predicted molar refractivity (Wildman–Crippen MR) is 68.3 cm³/mol. The molecule has 0 heterocycles. The summed E-state index contributed by atoms with van der Waals surface area (Å²) in [5.74, 6) is 0.717. The number of halogens is 1. The number of rotatable bonds is 6. The summed E-state index contributed by atoms with van der Waals surface area (Å²) >= 11 is 3.63. The second-order valence-electron chi connectivity index (χ2n) is 4.23. The first-order valence-electron chi connectivity index (χ1n) is 5.44. The maximum atomic E-state index is 5.64. The first-order chi connectivity index (χ1) is 7.18. The Kier molecular flexibility index (Phi) is 5.96. The molecule has 0 N–H and O–H groups in total. The molecule has 1 aromatic rings. The Bertz CT molecular complexity index is 258. The van der Waals surface area contributed by atoms with Crippen LogP contribution in [0.1, 0.15) is 25.8 Å². The van der Waals surface area contributed by atoms with E-state index in [0.29, 0.717) is 11.4 Å². The number of benzene rings is 1. The molecule has 0 aliphatic carbocycles. The molecule has 1 atom stereocenters. The molecule has 1 rings (SSSR count). The van der Waals surface area contributed by atoms with E-state index in [0.717, 1.165) is 18.9 Å². The van der Waals surface area contributed by atoms with Crippen molar-refractivity contribution in [2.24, 2.45) is 5.92 Å². The third-order valence-corrected chi connectivity index (χ3v) is 2.78. The zero-order valence-corrected chi connectivity index (χ0v) is 11.0. The minimum Gasteiger partial charge on any atom is -0.376 e. The van der Waals surface area contributed by atoms with Gasteiger partial charge in [0, 0.05) is 4.83 Å². The normalized spacial score (nSPS) is 13.1. The van der Waals surface area contributed by atoms with Crippen LogP contribution < -0.4 is 0 Å². The molecule has 1 nitrogen and oxygen atoms in total. The molecule has 0 spiro atoms. The minimum atomic E-state index is 0.473. The van der Waals surface area contributed by atoms with Gasteiger partial charge in [-0.1, -0.05) is 60.1 Å². The van der Waals surface area contributed by atoms with Crippen LogP contribution in [0.4, 0.5) is 0 Å². The molecule has 0 saturated heterocycles. The molecule has 0 bridgehead atoms. The van der Waals surface area contributed by atoms with Crippen molar-refractivity contribution in [2.75, 3.05) is 6.61 Å². The topological polar surface area (TPSA) is 9.23 Å². The Morgan fingerprint density at radius 3 is 2.47 bits per heavy atom. The fourth-order valence-electron chi connectivity index (χ4n) is 1.46. The Hall–Kier alpha value is -0.340. The highest BCUT2D eigenvalue weighted by atomic mass is 79.9. The molecule has 1 unspecified atom stereocenters. The van der Waals surface area contributed by atoms with E-state index < -0.39 is 0 Å². The van der Waals surface area contributed by atoms with Gasteiger partial charge in [-0.15, -0.1) is 0 Å². The van der Waals surface area contributed by atoms with Gasteiger partial charge in [-0.25, -0.2) is 0 Å². The fourth-order valence-corrected chi connectivity index (χ4v) is 2.39. The monoisotopic (exact) mass is 270 g/mol. The van der Waals surface area contributed by atoms with Crippen LogP contribution in [0.15, 0.2) is 30.3 Å². The zero-order chi connectivity index (χ0) is 11.1. The van der Waals surface area contributed by atoms with E-state index in [9.17, 15) is 0 Å². The molecule has 0 fully saturated rings. The van der Waals surface area contributed by atoms with E-state index in [1.165, 1.54) is 5.56 Å². The molecule has 0 aliphatic rings. The van der Waals surface area contributed by atoms with Crippen LogP contribution in [0, 0.1) is 5.92 Å². The first kappa shape index (κ1) is 12.7. The molecule has 0 aliphatic heterocycles. The summed E-state index contributed by atoms with van der Waals surface area (Å²) in [5, 5.41) is 0. The van der Waals surface area contributed by atoms with Gasteiger partial charge < -0.3 is 4.74 Å². The van der Waals surface area contributed by atoms with E-state index in [1.807, 2.05) is 18.2 Å². The predicted octanol–water partition coefficient (Wildman–Crippen LogP) is 4.01. The van der Waals surface area contributed by atoms with Gasteiger partial charge in [-0.2, -0.15) is 0 Å². The van der Waals surface area contributed by atoms with Crippen LogP contribution >= 0.6 is 15.9 Å². The van der Waals surface area contributed by atoms with Gasteiger partial charge in [-0.05, 0) is 17.9 Å². The lowest BCUT2D eigenvalue weighted by Gasteiger charge is -2.12. The molecule has 84 valence electrons. The van der Waals surface area contributed by atoms with Gasteiger partial charge in [0.05, 0.1) is 13.2 Å². The average molecular weight is 271 g/mol. The quantitative estimate of drug-likeness (QED) is 0.710. The van der Waals surface area contributed by atoms with E-state index in [-0.39, 0.29) is 0 Å². The van der Waals surface area contributed by atoms with Gasteiger partial charge in [0.1, 0.15) is 0 Å². The largest absolute Gasteiger partial charge is 0.376 e. The smallest absolute Gasteiger partial charge is 0.0717 e. The highest BCUT2D eigenvalue weighted by molar-refractivity contribution is 9.09. The second kappa shape index (κ2) is 7.02. The Balaban J connectivity index is 2.16. The van der Waals surface area contributed by atoms with Crippen molar-refractivity contribution in [3.63, 3.8) is 0 Å². The summed E-state index contributed by atoms with van der Waals surface area (Å²) in [7, 11) is 0. The Morgan fingerprint density at radius 1 is 1.20 bits per heavy atom. The molecule has 2 heteroatoms. The third-order valence-electron chi connectivity index (χ3n) is 2.14. The zero-order valence-electron chi connectivity index (χ0n) is 9.45. The molecule has 0 aromatic heterocycles. The molecular formula is C13H19BrO. The van der Waals surface area contributed by atoms with Gasteiger partial charge in [0.2, 0.25) is 0 Å². The minimum absolute atomic E-state index is 0.473. The summed E-state index contributed by atoms with van der Waals surface area (Å²) < 4.78 is 5.64. The summed E-state index contributed by atoms with van der Waals surface area (Å²) in [6.07, 6.45) is 1.16. The molecule has 0 saturated carbocycles. The van der Waals surface area contributed by atoms with Crippen LogP contribution in [0.3, 0.4) is 0 Å². The first-order valence-corrected chi connectivity index (χ1v) is 6.35. The maximum Gasteiger partial charge on any atom is 0.0717 e. The molecule has 0 amide bonds. The lowest BCUT2D eigenvalue weighted by atomic mass is 10.1. The highest BCUT2D eigenvalue weighted by Gasteiger charge is 2.06. The molecule has 1 aromatic carbocycles. The highest BCUT2D eigenvalue weighted by Crippen LogP contribution is 2.13. The van der Waals surface area contributed by atoms with E-state index in [1.54, 1.807) is 0 Å². The SMILES string of the molecule is CC(C)CC(Br)COCc1ccccc1. The number of alkyl halides is 1. The van der Waals surface area contributed by atoms with Crippen molar-refractivity contribution < 1.29 is 4.74 Å². The lowest BCUT2D eigenvalue weighted by Crippen LogP contribution is -2.11. The summed E-state index contributed by atoms with van der Waals surface area (Å²) in [6.45, 7) is 5.95. The van der Waals surface area contributed by atoms with Crippen LogP contribution in [-0.4, -0.2) is 11.4 Å². The van der Waals surface area contributed by atoms with Crippen LogP contribution in [0.2, 0.25) is 0 Å². The third kappa shape index (κ3) is 5.95. The maximum absolute atomic E-state index is 5.64. The van der Waals surface area contributed by atoms with E-state index in [4.69, 9.17) is 4.74 Å². The summed E-state index contributed by atoms with van der Waals surface area (Å²) in [4.78, 5) is 0.473. The van der Waals surface area contributed by atoms with Crippen molar-refractivity contribution in [1.29, 1.82) is 0 Å². The summed E-state index contributed by atoms with van der Waals surface area (Å²) in [5.41, 5.74) is 1.24. The number of ether oxygens (including phenoxy) is 1. The average Bonchev–Trinajstić information content (AvgIpc) is 2.18. The van der Waals surface area contributed by atoms with Crippen molar-refractivity contribution in [3.05, 3.63) is 35.9 Å². The van der Waals surface area contributed by atoms with Crippen LogP contribution in [-0.2, 0) is 11.3 Å². The second-order valence-corrected chi connectivity index (χ2v) is 5.52. The number of hydrogen-bond acceptors (Lipinski definition) is 1. The van der Waals surface area contributed by atoms with Crippen molar-refractivity contribution >= 4 is 15.9 Å². The van der Waals surface area contributed by atoms with Gasteiger partial charge in [0.15, 0.2) is 0 Å². The molecule has 15 heavy (non-hydrogen) atoms. The van der Waals surface area contributed by atoms with E-state index in [2.05, 4.69) is 41.9 Å². The van der Waals surface area contributed by atoms with Gasteiger partial charge in [0.25, 0.3) is 0 Å². The molecule has 0 radical (unpaired) electrons. The van der Waals surface area contributed by atoms with Gasteiger partial charge in [-0.3, -0.25) is 0 Å². The van der Waals surface area contributed by atoms with Crippen LogP contribution in [0.25, 0.3) is 0 Å². The lowest BCUT2D eigenvalue weighted by molar-refractivity contribution is 0.119. The van der Waals surface area contributed by atoms with Gasteiger partial charge >= 0.3 is 0 Å². The Labute approximate surface area is 101 Å². The summed E-state index contributed by atoms with van der Waals surface area (Å²) in [6, 6.07) is 10.3. The standard InChI is InChI=1S/C13H19BrO/c1-11(2)8-13(14)10-15-9-12-6-4-3-5-7-12/h3-7,11,13H,8-10H2,1-2H3. The van der Waals surface area contributed by atoms with Crippen molar-refractivity contribution in [1.82, 2.24) is 0 Å². The van der Waals surface area contributed by atoms with E-state index >= 15 is 0 Å². The number of hydrogen-bond donors (Lipinski definition) is 0. The van der Waals surface area contributed by atoms with Crippen molar-refractivity contribution in [3.8, 4) is 0 Å². The van der Waals surface area contributed by atoms with Crippen LogP contribution in [0.5, 0.6) is 0 Å². The van der Waals surface area contributed by atoms with Crippen molar-refractivity contribution in [2.45, 2.75) is 31.7 Å². The Morgan fingerprint density at radius 2 is 1.87 bits per heavy atom. The molecular weight excluding hydrogens is 252 g/mol.